The van der Waals surface area contributed by atoms with Crippen LogP contribution in [0.5, 0.6) is 0 Å². The van der Waals surface area contributed by atoms with Gasteiger partial charge in [0.1, 0.15) is 0 Å². The monoisotopic (exact) mass is 416 g/mol. The SMILES string of the molecule is CC12CCC(O)CC1CCC1C2CCC2(C)C1CC[C@@H]2CCCCC1CCOCC1. The summed E-state index contributed by atoms with van der Waals surface area (Å²) in [6.07, 6.45) is 20.8. The number of unbranched alkanes of at least 4 members (excludes halogenated alkanes) is 1. The van der Waals surface area contributed by atoms with Gasteiger partial charge in [-0.15, -0.1) is 0 Å². The summed E-state index contributed by atoms with van der Waals surface area (Å²) >= 11 is 0. The van der Waals surface area contributed by atoms with Crippen LogP contribution in [0.15, 0.2) is 0 Å². The van der Waals surface area contributed by atoms with Crippen molar-refractivity contribution in [2.24, 2.45) is 46.3 Å². The highest BCUT2D eigenvalue weighted by atomic mass is 16.5. The molecular formula is C28H48O2. The molecule has 0 aromatic rings. The maximum Gasteiger partial charge on any atom is 0.0543 e. The third kappa shape index (κ3) is 3.81. The van der Waals surface area contributed by atoms with Crippen LogP contribution in [0, 0.1) is 46.3 Å². The van der Waals surface area contributed by atoms with Crippen molar-refractivity contribution in [2.75, 3.05) is 13.2 Å². The average Bonchev–Trinajstić information content (AvgIpc) is 3.09. The molecule has 0 radical (unpaired) electrons. The molecule has 2 nitrogen and oxygen atoms in total. The zero-order valence-corrected chi connectivity index (χ0v) is 19.9. The third-order valence-electron chi connectivity index (χ3n) is 11.6. The summed E-state index contributed by atoms with van der Waals surface area (Å²) in [4.78, 5) is 0. The number of hydrogen-bond donors (Lipinski definition) is 1. The van der Waals surface area contributed by atoms with Crippen LogP contribution in [0.2, 0.25) is 0 Å². The van der Waals surface area contributed by atoms with Gasteiger partial charge in [-0.2, -0.15) is 0 Å². The lowest BCUT2D eigenvalue weighted by atomic mass is 9.44. The molecule has 1 N–H and O–H groups in total. The van der Waals surface area contributed by atoms with Crippen LogP contribution in [0.25, 0.3) is 0 Å². The van der Waals surface area contributed by atoms with Gasteiger partial charge in [-0.25, -0.2) is 0 Å². The number of rotatable bonds is 5. The Morgan fingerprint density at radius 1 is 0.767 bits per heavy atom. The van der Waals surface area contributed by atoms with E-state index in [0.717, 1.165) is 61.6 Å². The quantitative estimate of drug-likeness (QED) is 0.489. The first-order valence-electron chi connectivity index (χ1n) is 13.8. The predicted octanol–water partition coefficient (Wildman–Crippen LogP) is 6.99. The molecular weight excluding hydrogens is 368 g/mol. The largest absolute Gasteiger partial charge is 0.393 e. The first kappa shape index (κ1) is 21.7. The standard InChI is InChI=1S/C28H48O2/c1-27-16-12-26-24(9-7-22-19-23(29)11-15-28(22,26)2)25(27)10-8-21(27)6-4-3-5-20-13-17-30-18-14-20/h20-26,29H,3-19H2,1-2H3/t21-,22?,23?,24?,25?,26?,27?,28?/m0/s1. The minimum Gasteiger partial charge on any atom is -0.393 e. The number of ether oxygens (including phenoxy) is 1. The molecule has 1 heterocycles. The molecule has 1 aliphatic heterocycles. The van der Waals surface area contributed by atoms with Crippen molar-refractivity contribution in [3.8, 4) is 0 Å². The van der Waals surface area contributed by atoms with Gasteiger partial charge in [0.05, 0.1) is 6.10 Å². The number of hydrogen-bond acceptors (Lipinski definition) is 2. The van der Waals surface area contributed by atoms with E-state index in [1.165, 1.54) is 83.5 Å². The van der Waals surface area contributed by atoms with E-state index in [1.807, 2.05) is 0 Å². The first-order chi connectivity index (χ1) is 14.5. The summed E-state index contributed by atoms with van der Waals surface area (Å²) in [7, 11) is 0. The lowest BCUT2D eigenvalue weighted by molar-refractivity contribution is -0.127. The lowest BCUT2D eigenvalue weighted by Crippen LogP contribution is -2.53. The van der Waals surface area contributed by atoms with E-state index in [9.17, 15) is 5.11 Å². The molecule has 0 bridgehead atoms. The van der Waals surface area contributed by atoms with Crippen LogP contribution in [-0.4, -0.2) is 24.4 Å². The van der Waals surface area contributed by atoms with Crippen molar-refractivity contribution in [2.45, 2.75) is 116 Å². The minimum absolute atomic E-state index is 0.00882. The zero-order chi connectivity index (χ0) is 20.8. The molecule has 172 valence electrons. The van der Waals surface area contributed by atoms with E-state index in [1.54, 1.807) is 0 Å². The maximum atomic E-state index is 10.3. The van der Waals surface area contributed by atoms with E-state index in [4.69, 9.17) is 4.74 Å². The van der Waals surface area contributed by atoms with Gasteiger partial charge in [0.15, 0.2) is 0 Å². The Hall–Kier alpha value is -0.0800. The summed E-state index contributed by atoms with van der Waals surface area (Å²) < 4.78 is 5.54. The Balaban J connectivity index is 1.18. The van der Waals surface area contributed by atoms with Crippen LogP contribution in [-0.2, 0) is 4.74 Å². The summed E-state index contributed by atoms with van der Waals surface area (Å²) in [5.74, 6) is 5.69. The van der Waals surface area contributed by atoms with Gasteiger partial charge in [0.2, 0.25) is 0 Å². The van der Waals surface area contributed by atoms with Crippen LogP contribution in [0.3, 0.4) is 0 Å². The molecule has 8 atom stereocenters. The third-order valence-corrected chi connectivity index (χ3v) is 11.6. The van der Waals surface area contributed by atoms with Crippen LogP contribution in [0.1, 0.15) is 110 Å². The van der Waals surface area contributed by atoms with E-state index in [2.05, 4.69) is 13.8 Å². The molecule has 0 aromatic carbocycles. The van der Waals surface area contributed by atoms with Gasteiger partial charge in [-0.1, -0.05) is 33.1 Å². The highest BCUT2D eigenvalue weighted by Gasteiger charge is 2.59. The summed E-state index contributed by atoms with van der Waals surface area (Å²) in [6.45, 7) is 7.36. The molecule has 0 amide bonds. The first-order valence-corrected chi connectivity index (χ1v) is 13.8. The molecule has 30 heavy (non-hydrogen) atoms. The van der Waals surface area contributed by atoms with Crippen LogP contribution < -0.4 is 0 Å². The Labute approximate surface area is 185 Å². The molecule has 7 unspecified atom stereocenters. The smallest absolute Gasteiger partial charge is 0.0543 e. The zero-order valence-electron chi connectivity index (χ0n) is 19.9. The molecule has 0 aromatic heterocycles. The highest BCUT2D eigenvalue weighted by molar-refractivity contribution is 5.09. The van der Waals surface area contributed by atoms with Crippen molar-refractivity contribution in [1.29, 1.82) is 0 Å². The predicted molar refractivity (Wildman–Crippen MR) is 123 cm³/mol. The van der Waals surface area contributed by atoms with E-state index >= 15 is 0 Å². The molecule has 2 heteroatoms. The second kappa shape index (κ2) is 8.69. The van der Waals surface area contributed by atoms with E-state index < -0.39 is 0 Å². The van der Waals surface area contributed by atoms with Gasteiger partial charge < -0.3 is 9.84 Å². The van der Waals surface area contributed by atoms with E-state index in [0.29, 0.717) is 10.8 Å². The summed E-state index contributed by atoms with van der Waals surface area (Å²) in [5, 5.41) is 10.3. The lowest BCUT2D eigenvalue weighted by Gasteiger charge is -2.61. The Kier molecular flexibility index (Phi) is 6.30. The second-order valence-electron chi connectivity index (χ2n) is 12.7. The fraction of sp³-hybridized carbons (Fsp3) is 1.00. The number of fused-ring (bicyclic) bond motifs is 5. The Bertz CT molecular complexity index is 583. The normalized spacial score (nSPS) is 49.3. The summed E-state index contributed by atoms with van der Waals surface area (Å²) in [6, 6.07) is 0. The van der Waals surface area contributed by atoms with Crippen molar-refractivity contribution in [3.63, 3.8) is 0 Å². The Morgan fingerprint density at radius 2 is 1.50 bits per heavy atom. The number of aliphatic hydroxyl groups excluding tert-OH is 1. The van der Waals surface area contributed by atoms with Gasteiger partial charge in [0.25, 0.3) is 0 Å². The fourth-order valence-electron chi connectivity index (χ4n) is 9.68. The molecule has 4 saturated carbocycles. The van der Waals surface area contributed by atoms with Gasteiger partial charge in [-0.3, -0.25) is 0 Å². The Morgan fingerprint density at radius 3 is 2.33 bits per heavy atom. The molecule has 5 fully saturated rings. The van der Waals surface area contributed by atoms with Crippen molar-refractivity contribution >= 4 is 0 Å². The maximum absolute atomic E-state index is 10.3. The van der Waals surface area contributed by atoms with Crippen molar-refractivity contribution in [1.82, 2.24) is 0 Å². The molecule has 0 spiro atoms. The van der Waals surface area contributed by atoms with E-state index in [-0.39, 0.29) is 6.10 Å². The summed E-state index contributed by atoms with van der Waals surface area (Å²) in [5.41, 5.74) is 1.17. The molecule has 5 aliphatic rings. The second-order valence-corrected chi connectivity index (χ2v) is 12.7. The molecule has 4 aliphatic carbocycles. The van der Waals surface area contributed by atoms with Crippen LogP contribution >= 0.6 is 0 Å². The highest BCUT2D eigenvalue weighted by Crippen LogP contribution is 2.67. The number of aliphatic hydroxyl groups is 1. The average molecular weight is 417 g/mol. The van der Waals surface area contributed by atoms with Gasteiger partial charge in [0, 0.05) is 13.2 Å². The topological polar surface area (TPSA) is 29.5 Å². The van der Waals surface area contributed by atoms with Crippen molar-refractivity contribution in [3.05, 3.63) is 0 Å². The van der Waals surface area contributed by atoms with Crippen LogP contribution in [0.4, 0.5) is 0 Å². The molecule has 1 saturated heterocycles. The van der Waals surface area contributed by atoms with Crippen molar-refractivity contribution < 1.29 is 9.84 Å². The van der Waals surface area contributed by atoms with Gasteiger partial charge >= 0.3 is 0 Å². The minimum atomic E-state index is -0.00882. The fourth-order valence-corrected chi connectivity index (χ4v) is 9.68. The van der Waals surface area contributed by atoms with Gasteiger partial charge in [-0.05, 0) is 123 Å². The molecule has 5 rings (SSSR count).